The van der Waals surface area contributed by atoms with Crippen molar-refractivity contribution in [3.63, 3.8) is 0 Å². The molecule has 1 saturated heterocycles. The van der Waals surface area contributed by atoms with Crippen molar-refractivity contribution in [2.45, 2.75) is 64.2 Å². The standard InChI is InChI=1S/C14H24N2O2/c1-3-5-12-11-14(17,7-10-18-12)13-6-8-15-16(13)9-4-2/h6,8,12,17H,3-5,7,9-11H2,1-2H3. The zero-order valence-corrected chi connectivity index (χ0v) is 11.4. The highest BCUT2D eigenvalue weighted by molar-refractivity contribution is 5.13. The first-order valence-electron chi connectivity index (χ1n) is 7.06. The Kier molecular flexibility index (Phi) is 4.40. The van der Waals surface area contributed by atoms with Gasteiger partial charge in [-0.2, -0.15) is 5.10 Å². The molecule has 1 aliphatic heterocycles. The van der Waals surface area contributed by atoms with Crippen molar-refractivity contribution in [2.75, 3.05) is 6.61 Å². The van der Waals surface area contributed by atoms with Crippen molar-refractivity contribution in [2.24, 2.45) is 0 Å². The normalized spacial score (nSPS) is 28.5. The van der Waals surface area contributed by atoms with Gasteiger partial charge in [0.25, 0.3) is 0 Å². The van der Waals surface area contributed by atoms with Crippen LogP contribution in [0.5, 0.6) is 0 Å². The van der Waals surface area contributed by atoms with Crippen LogP contribution < -0.4 is 0 Å². The number of ether oxygens (including phenoxy) is 1. The van der Waals surface area contributed by atoms with Crippen molar-refractivity contribution >= 4 is 0 Å². The summed E-state index contributed by atoms with van der Waals surface area (Å²) >= 11 is 0. The van der Waals surface area contributed by atoms with Crippen LogP contribution in [0.25, 0.3) is 0 Å². The summed E-state index contributed by atoms with van der Waals surface area (Å²) in [4.78, 5) is 0. The van der Waals surface area contributed by atoms with E-state index in [0.29, 0.717) is 19.4 Å². The van der Waals surface area contributed by atoms with Gasteiger partial charge in [-0.25, -0.2) is 0 Å². The lowest BCUT2D eigenvalue weighted by molar-refractivity contribution is -0.113. The number of aliphatic hydroxyl groups is 1. The summed E-state index contributed by atoms with van der Waals surface area (Å²) in [5, 5.41) is 15.2. The SMILES string of the molecule is CCCC1CC(O)(c2ccnn2CCC)CCO1. The summed E-state index contributed by atoms with van der Waals surface area (Å²) in [6.07, 6.45) is 6.46. The molecule has 1 fully saturated rings. The van der Waals surface area contributed by atoms with Gasteiger partial charge in [0.2, 0.25) is 0 Å². The molecule has 2 atom stereocenters. The van der Waals surface area contributed by atoms with E-state index in [0.717, 1.165) is 31.5 Å². The summed E-state index contributed by atoms with van der Waals surface area (Å²) in [6.45, 7) is 5.78. The van der Waals surface area contributed by atoms with E-state index < -0.39 is 5.60 Å². The quantitative estimate of drug-likeness (QED) is 0.875. The zero-order valence-electron chi connectivity index (χ0n) is 11.4. The fourth-order valence-corrected chi connectivity index (χ4v) is 2.79. The van der Waals surface area contributed by atoms with Gasteiger partial charge < -0.3 is 9.84 Å². The van der Waals surface area contributed by atoms with Crippen molar-refractivity contribution in [1.29, 1.82) is 0 Å². The number of rotatable bonds is 5. The second-order valence-corrected chi connectivity index (χ2v) is 5.21. The lowest BCUT2D eigenvalue weighted by Gasteiger charge is -2.37. The monoisotopic (exact) mass is 252 g/mol. The number of nitrogens with zero attached hydrogens (tertiary/aromatic N) is 2. The Morgan fingerprint density at radius 2 is 2.33 bits per heavy atom. The lowest BCUT2D eigenvalue weighted by atomic mass is 9.86. The molecule has 0 saturated carbocycles. The fraction of sp³-hybridized carbons (Fsp3) is 0.786. The van der Waals surface area contributed by atoms with Crippen LogP contribution in [0.15, 0.2) is 12.3 Å². The summed E-state index contributed by atoms with van der Waals surface area (Å²) in [5.74, 6) is 0. The molecule has 1 aliphatic rings. The van der Waals surface area contributed by atoms with Crippen molar-refractivity contribution in [3.05, 3.63) is 18.0 Å². The molecule has 1 aromatic rings. The molecule has 0 radical (unpaired) electrons. The number of aryl methyl sites for hydroxylation is 1. The van der Waals surface area contributed by atoms with E-state index in [1.54, 1.807) is 6.20 Å². The lowest BCUT2D eigenvalue weighted by Crippen LogP contribution is -2.40. The first-order chi connectivity index (χ1) is 8.69. The molecule has 0 amide bonds. The largest absolute Gasteiger partial charge is 0.383 e. The van der Waals surface area contributed by atoms with E-state index >= 15 is 0 Å². The zero-order chi connectivity index (χ0) is 13.0. The predicted octanol–water partition coefficient (Wildman–Crippen LogP) is 2.46. The van der Waals surface area contributed by atoms with Gasteiger partial charge in [0.15, 0.2) is 0 Å². The summed E-state index contributed by atoms with van der Waals surface area (Å²) in [6, 6.07) is 1.95. The molecule has 0 aliphatic carbocycles. The Balaban J connectivity index is 2.16. The van der Waals surface area contributed by atoms with Crippen LogP contribution in [0.3, 0.4) is 0 Å². The molecule has 0 spiro atoms. The molecule has 0 bridgehead atoms. The predicted molar refractivity (Wildman–Crippen MR) is 70.3 cm³/mol. The van der Waals surface area contributed by atoms with E-state index in [-0.39, 0.29) is 6.10 Å². The summed E-state index contributed by atoms with van der Waals surface area (Å²) in [7, 11) is 0. The van der Waals surface area contributed by atoms with Crippen molar-refractivity contribution in [3.8, 4) is 0 Å². The fourth-order valence-electron chi connectivity index (χ4n) is 2.79. The Bertz CT molecular complexity index is 376. The molecule has 2 rings (SSSR count). The molecule has 1 aromatic heterocycles. The van der Waals surface area contributed by atoms with Gasteiger partial charge in [0.1, 0.15) is 5.60 Å². The molecule has 0 aromatic carbocycles. The number of aromatic nitrogens is 2. The molecule has 4 heteroatoms. The maximum absolute atomic E-state index is 10.9. The van der Waals surface area contributed by atoms with Crippen LogP contribution >= 0.6 is 0 Å². The molecule has 102 valence electrons. The maximum atomic E-state index is 10.9. The molecular weight excluding hydrogens is 228 g/mol. The summed E-state index contributed by atoms with van der Waals surface area (Å²) in [5.41, 5.74) is 0.192. The van der Waals surface area contributed by atoms with E-state index in [1.807, 2.05) is 10.7 Å². The highest BCUT2D eigenvalue weighted by atomic mass is 16.5. The topological polar surface area (TPSA) is 47.3 Å². The average molecular weight is 252 g/mol. The van der Waals surface area contributed by atoms with Gasteiger partial charge in [0.05, 0.1) is 18.4 Å². The third-order valence-electron chi connectivity index (χ3n) is 3.67. The van der Waals surface area contributed by atoms with Crippen LogP contribution in [0, 0.1) is 0 Å². The Morgan fingerprint density at radius 1 is 1.50 bits per heavy atom. The Hall–Kier alpha value is -0.870. The molecule has 4 nitrogen and oxygen atoms in total. The maximum Gasteiger partial charge on any atom is 0.111 e. The van der Waals surface area contributed by atoms with Crippen LogP contribution in [-0.2, 0) is 16.9 Å². The van der Waals surface area contributed by atoms with Crippen LogP contribution in [0.1, 0.15) is 51.6 Å². The van der Waals surface area contributed by atoms with Gasteiger partial charge in [0, 0.05) is 25.6 Å². The molecule has 2 unspecified atom stereocenters. The van der Waals surface area contributed by atoms with E-state index in [4.69, 9.17) is 4.74 Å². The first-order valence-corrected chi connectivity index (χ1v) is 7.06. The second-order valence-electron chi connectivity index (χ2n) is 5.21. The average Bonchev–Trinajstić information content (AvgIpc) is 2.79. The van der Waals surface area contributed by atoms with Gasteiger partial charge in [-0.3, -0.25) is 4.68 Å². The number of hydrogen-bond acceptors (Lipinski definition) is 3. The van der Waals surface area contributed by atoms with E-state index in [2.05, 4.69) is 18.9 Å². The van der Waals surface area contributed by atoms with Gasteiger partial charge in [-0.1, -0.05) is 20.3 Å². The molecule has 1 N–H and O–H groups in total. The minimum atomic E-state index is -0.760. The third-order valence-corrected chi connectivity index (χ3v) is 3.67. The van der Waals surface area contributed by atoms with E-state index in [1.165, 1.54) is 0 Å². The second kappa shape index (κ2) is 5.85. The smallest absolute Gasteiger partial charge is 0.111 e. The van der Waals surface area contributed by atoms with E-state index in [9.17, 15) is 5.11 Å². The summed E-state index contributed by atoms with van der Waals surface area (Å²) < 4.78 is 7.66. The van der Waals surface area contributed by atoms with Gasteiger partial charge in [-0.05, 0) is 18.9 Å². The van der Waals surface area contributed by atoms with Gasteiger partial charge >= 0.3 is 0 Å². The molecular formula is C14H24N2O2. The Morgan fingerprint density at radius 3 is 3.06 bits per heavy atom. The number of hydrogen-bond donors (Lipinski definition) is 1. The van der Waals surface area contributed by atoms with Crippen LogP contribution in [-0.4, -0.2) is 27.6 Å². The first kappa shape index (κ1) is 13.6. The van der Waals surface area contributed by atoms with Crippen molar-refractivity contribution < 1.29 is 9.84 Å². The molecule has 18 heavy (non-hydrogen) atoms. The minimum absolute atomic E-state index is 0.179. The van der Waals surface area contributed by atoms with Gasteiger partial charge in [-0.15, -0.1) is 0 Å². The third kappa shape index (κ3) is 2.75. The van der Waals surface area contributed by atoms with Crippen molar-refractivity contribution in [1.82, 2.24) is 9.78 Å². The highest BCUT2D eigenvalue weighted by Gasteiger charge is 2.38. The highest BCUT2D eigenvalue weighted by Crippen LogP contribution is 2.35. The van der Waals surface area contributed by atoms with Crippen LogP contribution in [0.2, 0.25) is 0 Å². The van der Waals surface area contributed by atoms with Crippen LogP contribution in [0.4, 0.5) is 0 Å². The molecule has 2 heterocycles. The Labute approximate surface area is 109 Å². The minimum Gasteiger partial charge on any atom is -0.383 e.